The van der Waals surface area contributed by atoms with Gasteiger partial charge in [0.1, 0.15) is 11.6 Å². The van der Waals surface area contributed by atoms with Crippen LogP contribution in [-0.4, -0.2) is 38.9 Å². The van der Waals surface area contributed by atoms with Crippen LogP contribution in [0.5, 0.6) is 11.6 Å². The molecule has 11 heteroatoms. The van der Waals surface area contributed by atoms with Crippen molar-refractivity contribution in [1.82, 2.24) is 15.0 Å². The molecular weight excluding hydrogens is 454 g/mol. The zero-order valence-corrected chi connectivity index (χ0v) is 17.8. The zero-order valence-electron chi connectivity index (χ0n) is 17.8. The van der Waals surface area contributed by atoms with Gasteiger partial charge in [-0.1, -0.05) is 12.1 Å². The molecule has 0 amide bonds. The SMILES string of the molecule is Cc1ccc2c(NCC(O)C(F)(F)F)c(F)ccc2c1Oc1ncccc1-c1ccnc(N)n1. The number of hydrogen-bond donors (Lipinski definition) is 3. The van der Waals surface area contributed by atoms with Crippen molar-refractivity contribution in [3.8, 4) is 22.9 Å². The van der Waals surface area contributed by atoms with Crippen molar-refractivity contribution in [2.75, 3.05) is 17.6 Å². The number of nitrogen functional groups attached to an aromatic ring is 1. The Morgan fingerprint density at radius 2 is 1.82 bits per heavy atom. The van der Waals surface area contributed by atoms with Gasteiger partial charge >= 0.3 is 6.18 Å². The molecule has 2 aromatic heterocycles. The molecule has 2 heterocycles. The molecule has 0 saturated heterocycles. The molecule has 1 unspecified atom stereocenters. The van der Waals surface area contributed by atoms with E-state index in [0.717, 1.165) is 6.07 Å². The Labute approximate surface area is 191 Å². The van der Waals surface area contributed by atoms with Crippen LogP contribution < -0.4 is 15.8 Å². The van der Waals surface area contributed by atoms with Gasteiger partial charge in [0.2, 0.25) is 11.8 Å². The third-order valence-corrected chi connectivity index (χ3v) is 5.07. The summed E-state index contributed by atoms with van der Waals surface area (Å²) in [6.07, 6.45) is -4.47. The first kappa shape index (κ1) is 23.2. The number of aromatic nitrogens is 3. The number of benzene rings is 2. The Hall–Kier alpha value is -3.99. The number of rotatable bonds is 6. The van der Waals surface area contributed by atoms with Crippen LogP contribution in [0.25, 0.3) is 22.0 Å². The number of ether oxygens (including phenoxy) is 1. The maximum absolute atomic E-state index is 14.5. The predicted octanol–water partition coefficient (Wildman–Crippen LogP) is 4.85. The van der Waals surface area contributed by atoms with Gasteiger partial charge in [0.15, 0.2) is 6.10 Å². The molecule has 1 atom stereocenters. The summed E-state index contributed by atoms with van der Waals surface area (Å²) in [5.74, 6) is -0.172. The minimum Gasteiger partial charge on any atom is -0.437 e. The number of nitrogens with one attached hydrogen (secondary N) is 1. The number of aliphatic hydroxyl groups excluding tert-OH is 1. The van der Waals surface area contributed by atoms with Crippen LogP contribution in [0.1, 0.15) is 5.56 Å². The zero-order chi connectivity index (χ0) is 24.5. The molecular formula is C23H19F4N5O2. The average molecular weight is 473 g/mol. The molecule has 0 bridgehead atoms. The lowest BCUT2D eigenvalue weighted by atomic mass is 10.0. The van der Waals surface area contributed by atoms with Gasteiger partial charge in [-0.2, -0.15) is 13.2 Å². The number of aryl methyl sites for hydroxylation is 1. The number of nitrogens with two attached hydrogens (primary N) is 1. The highest BCUT2D eigenvalue weighted by molar-refractivity contribution is 5.99. The topological polar surface area (TPSA) is 106 Å². The molecule has 4 N–H and O–H groups in total. The lowest BCUT2D eigenvalue weighted by molar-refractivity contribution is -0.198. The van der Waals surface area contributed by atoms with Crippen LogP contribution in [0.2, 0.25) is 0 Å². The van der Waals surface area contributed by atoms with Crippen molar-refractivity contribution in [2.24, 2.45) is 0 Å². The second-order valence-corrected chi connectivity index (χ2v) is 7.43. The number of fused-ring (bicyclic) bond motifs is 1. The predicted molar refractivity (Wildman–Crippen MR) is 119 cm³/mol. The summed E-state index contributed by atoms with van der Waals surface area (Å²) < 4.78 is 58.8. The number of hydrogen-bond acceptors (Lipinski definition) is 7. The molecule has 7 nitrogen and oxygen atoms in total. The van der Waals surface area contributed by atoms with E-state index in [1.165, 1.54) is 18.5 Å². The molecule has 34 heavy (non-hydrogen) atoms. The summed E-state index contributed by atoms with van der Waals surface area (Å²) in [6.45, 7) is 0.854. The second-order valence-electron chi connectivity index (χ2n) is 7.43. The molecule has 0 fully saturated rings. The Kier molecular flexibility index (Phi) is 6.20. The lowest BCUT2D eigenvalue weighted by Crippen LogP contribution is -2.35. The van der Waals surface area contributed by atoms with E-state index < -0.39 is 24.6 Å². The van der Waals surface area contributed by atoms with Crippen LogP contribution in [0.15, 0.2) is 54.9 Å². The summed E-state index contributed by atoms with van der Waals surface area (Å²) in [6, 6.07) is 10.8. The highest BCUT2D eigenvalue weighted by Gasteiger charge is 2.38. The molecule has 0 aliphatic carbocycles. The third kappa shape index (κ3) is 4.69. The fourth-order valence-electron chi connectivity index (χ4n) is 3.38. The number of nitrogens with zero attached hydrogens (tertiary/aromatic N) is 3. The molecule has 4 rings (SSSR count). The van der Waals surface area contributed by atoms with Crippen molar-refractivity contribution in [1.29, 1.82) is 0 Å². The molecule has 2 aromatic carbocycles. The van der Waals surface area contributed by atoms with Gasteiger partial charge < -0.3 is 20.9 Å². The minimum atomic E-state index is -4.83. The Balaban J connectivity index is 1.76. The number of alkyl halides is 3. The molecule has 176 valence electrons. The quantitative estimate of drug-likeness (QED) is 0.344. The smallest absolute Gasteiger partial charge is 0.416 e. The summed E-state index contributed by atoms with van der Waals surface area (Å²) in [5, 5.41) is 12.4. The summed E-state index contributed by atoms with van der Waals surface area (Å²) >= 11 is 0. The van der Waals surface area contributed by atoms with Crippen molar-refractivity contribution in [2.45, 2.75) is 19.2 Å². The van der Waals surface area contributed by atoms with Crippen molar-refractivity contribution in [3.63, 3.8) is 0 Å². The minimum absolute atomic E-state index is 0.0703. The highest BCUT2D eigenvalue weighted by atomic mass is 19.4. The molecule has 0 aliphatic rings. The summed E-state index contributed by atoms with van der Waals surface area (Å²) in [5.41, 5.74) is 7.19. The maximum atomic E-state index is 14.5. The van der Waals surface area contributed by atoms with E-state index in [1.807, 2.05) is 0 Å². The van der Waals surface area contributed by atoms with E-state index in [2.05, 4.69) is 20.3 Å². The first-order valence-electron chi connectivity index (χ1n) is 10.1. The van der Waals surface area contributed by atoms with E-state index in [-0.39, 0.29) is 22.9 Å². The number of halogens is 4. The van der Waals surface area contributed by atoms with Gasteiger partial charge in [0.05, 0.1) is 16.9 Å². The second kappa shape index (κ2) is 9.10. The molecule has 0 radical (unpaired) electrons. The Morgan fingerprint density at radius 1 is 1.06 bits per heavy atom. The van der Waals surface area contributed by atoms with E-state index in [9.17, 15) is 22.7 Å². The molecule has 0 spiro atoms. The normalized spacial score (nSPS) is 12.5. The van der Waals surface area contributed by atoms with Crippen LogP contribution in [0, 0.1) is 12.7 Å². The average Bonchev–Trinajstić information content (AvgIpc) is 2.79. The van der Waals surface area contributed by atoms with E-state index in [4.69, 9.17) is 10.5 Å². The third-order valence-electron chi connectivity index (χ3n) is 5.07. The molecule has 0 aliphatic heterocycles. The first-order chi connectivity index (χ1) is 16.1. The fraction of sp³-hybridized carbons (Fsp3) is 0.174. The summed E-state index contributed by atoms with van der Waals surface area (Å²) in [4.78, 5) is 12.3. The van der Waals surface area contributed by atoms with Crippen molar-refractivity contribution >= 4 is 22.4 Å². The molecule has 0 saturated carbocycles. The van der Waals surface area contributed by atoms with Crippen LogP contribution in [0.4, 0.5) is 29.2 Å². The van der Waals surface area contributed by atoms with E-state index in [1.54, 1.807) is 37.3 Å². The highest BCUT2D eigenvalue weighted by Crippen LogP contribution is 2.39. The Morgan fingerprint density at radius 3 is 2.56 bits per heavy atom. The van der Waals surface area contributed by atoms with Crippen molar-refractivity contribution in [3.05, 3.63) is 66.2 Å². The van der Waals surface area contributed by atoms with Gasteiger partial charge in [0.25, 0.3) is 0 Å². The van der Waals surface area contributed by atoms with Gasteiger partial charge in [-0.05, 0) is 42.8 Å². The van der Waals surface area contributed by atoms with E-state index >= 15 is 0 Å². The van der Waals surface area contributed by atoms with Gasteiger partial charge in [-0.25, -0.2) is 19.3 Å². The number of pyridine rings is 1. The largest absolute Gasteiger partial charge is 0.437 e. The molecule has 4 aromatic rings. The maximum Gasteiger partial charge on any atom is 0.416 e. The number of anilines is 2. The van der Waals surface area contributed by atoms with Gasteiger partial charge in [-0.15, -0.1) is 0 Å². The standard InChI is InChI=1S/C23H19F4N5O2/c1-12-4-5-13-14(6-7-16(24)19(13)31-11-18(33)23(25,26)27)20(12)34-21-15(3-2-9-29-21)17-8-10-30-22(28)32-17/h2-10,18,31,33H,11H2,1H3,(H2,28,30,32). The Bertz CT molecular complexity index is 1350. The van der Waals surface area contributed by atoms with Crippen LogP contribution in [-0.2, 0) is 0 Å². The van der Waals surface area contributed by atoms with Crippen LogP contribution in [0.3, 0.4) is 0 Å². The van der Waals surface area contributed by atoms with Gasteiger partial charge in [-0.3, -0.25) is 0 Å². The van der Waals surface area contributed by atoms with Gasteiger partial charge in [0, 0.05) is 29.7 Å². The van der Waals surface area contributed by atoms with Crippen molar-refractivity contribution < 1.29 is 27.4 Å². The first-order valence-corrected chi connectivity index (χ1v) is 10.1. The monoisotopic (exact) mass is 473 g/mol. The lowest BCUT2D eigenvalue weighted by Gasteiger charge is -2.19. The fourth-order valence-corrected chi connectivity index (χ4v) is 3.38. The number of aliphatic hydroxyl groups is 1. The summed E-state index contributed by atoms with van der Waals surface area (Å²) in [7, 11) is 0. The van der Waals surface area contributed by atoms with E-state index in [0.29, 0.717) is 28.0 Å². The van der Waals surface area contributed by atoms with Crippen LogP contribution >= 0.6 is 0 Å².